The van der Waals surface area contributed by atoms with Crippen molar-refractivity contribution in [3.05, 3.63) is 21.4 Å². The number of benzene rings is 1. The number of aromatic nitrogens is 1. The molecule has 0 radical (unpaired) electrons. The van der Waals surface area contributed by atoms with Gasteiger partial charge in [0.15, 0.2) is 17.1 Å². The fourth-order valence-corrected chi connectivity index (χ4v) is 1.77. The Hall–Kier alpha value is -1.62. The molecule has 0 aliphatic rings. The zero-order valence-electron chi connectivity index (χ0n) is 9.61. The Kier molecular flexibility index (Phi) is 2.39. The third kappa shape index (κ3) is 1.67. The lowest BCUT2D eigenvalue weighted by Crippen LogP contribution is -2.30. The van der Waals surface area contributed by atoms with Gasteiger partial charge in [0.2, 0.25) is 0 Å². The minimum atomic E-state index is -0.551. The van der Waals surface area contributed by atoms with Crippen molar-refractivity contribution < 1.29 is 14.7 Å². The predicted octanol–water partition coefficient (Wildman–Crippen LogP) is 2.41. The monoisotopic (exact) mass is 257 g/mol. The minimum Gasteiger partial charge on any atom is -0.504 e. The van der Waals surface area contributed by atoms with Crippen LogP contribution in [0.25, 0.3) is 11.0 Å². The molecule has 0 spiro atoms. The molecule has 1 aromatic heterocycles. The molecular weight excluding hydrogens is 246 g/mol. The highest BCUT2D eigenvalue weighted by molar-refractivity contribution is 6.36. The Morgan fingerprint density at radius 3 is 2.47 bits per heavy atom. The molecule has 0 fully saturated rings. The first kappa shape index (κ1) is 11.9. The summed E-state index contributed by atoms with van der Waals surface area (Å²) in [6, 6.07) is 1.14. The second-order valence-electron chi connectivity index (χ2n) is 4.80. The summed E-state index contributed by atoms with van der Waals surface area (Å²) in [6.07, 6.45) is 0. The Bertz CT molecular complexity index is 648. The summed E-state index contributed by atoms with van der Waals surface area (Å²) in [7, 11) is 0. The summed E-state index contributed by atoms with van der Waals surface area (Å²) in [5, 5.41) is 18.8. The normalized spacial score (nSPS) is 12.2. The highest BCUT2D eigenvalue weighted by Gasteiger charge is 2.24. The first-order valence-corrected chi connectivity index (χ1v) is 5.38. The number of rotatable bonds is 0. The number of fused-ring (bicyclic) bond motifs is 1. The van der Waals surface area contributed by atoms with E-state index < -0.39 is 22.6 Å². The molecule has 0 aliphatic carbocycles. The van der Waals surface area contributed by atoms with Gasteiger partial charge in [0, 0.05) is 6.07 Å². The molecule has 0 bridgehead atoms. The third-order valence-corrected chi connectivity index (χ3v) is 2.73. The molecule has 6 heteroatoms. The van der Waals surface area contributed by atoms with E-state index in [0.717, 1.165) is 10.8 Å². The molecule has 1 heterocycles. The van der Waals surface area contributed by atoms with Crippen molar-refractivity contribution in [1.29, 1.82) is 0 Å². The third-order valence-electron chi connectivity index (χ3n) is 2.38. The summed E-state index contributed by atoms with van der Waals surface area (Å²) >= 11 is 5.81. The molecule has 2 rings (SSSR count). The van der Waals surface area contributed by atoms with E-state index in [9.17, 15) is 15.0 Å². The molecule has 5 nitrogen and oxygen atoms in total. The minimum absolute atomic E-state index is 0.0712. The number of phenols is 2. The standard InChI is InChI=1S/C11H12ClNO4/c1-11(2,3)13-10(16)5-4-6(14)8(15)7(12)9(5)17-13/h4,14-15H,1-3H3. The average molecular weight is 258 g/mol. The van der Waals surface area contributed by atoms with Gasteiger partial charge in [0.05, 0.1) is 10.9 Å². The summed E-state index contributed by atoms with van der Waals surface area (Å²) in [4.78, 5) is 12.0. The van der Waals surface area contributed by atoms with Crippen molar-refractivity contribution in [2.24, 2.45) is 0 Å². The van der Waals surface area contributed by atoms with Crippen LogP contribution in [0, 0.1) is 0 Å². The molecule has 0 atom stereocenters. The predicted molar refractivity (Wildman–Crippen MR) is 63.8 cm³/mol. The van der Waals surface area contributed by atoms with E-state index in [4.69, 9.17) is 16.1 Å². The molecule has 0 unspecified atom stereocenters. The van der Waals surface area contributed by atoms with Crippen LogP contribution in [-0.4, -0.2) is 15.0 Å². The van der Waals surface area contributed by atoms with Crippen LogP contribution in [0.15, 0.2) is 15.4 Å². The summed E-state index contributed by atoms with van der Waals surface area (Å²) in [5.41, 5.74) is -0.878. The van der Waals surface area contributed by atoms with Gasteiger partial charge in [-0.3, -0.25) is 4.79 Å². The highest BCUT2D eigenvalue weighted by atomic mass is 35.5. The van der Waals surface area contributed by atoms with E-state index in [1.54, 1.807) is 20.8 Å². The highest BCUT2D eigenvalue weighted by Crippen LogP contribution is 2.39. The van der Waals surface area contributed by atoms with Gasteiger partial charge in [-0.15, -0.1) is 0 Å². The van der Waals surface area contributed by atoms with E-state index in [1.807, 2.05) is 0 Å². The number of hydrogen-bond donors (Lipinski definition) is 2. The Morgan fingerprint density at radius 2 is 1.94 bits per heavy atom. The van der Waals surface area contributed by atoms with E-state index in [-0.39, 0.29) is 16.0 Å². The van der Waals surface area contributed by atoms with Crippen molar-refractivity contribution in [2.45, 2.75) is 26.3 Å². The van der Waals surface area contributed by atoms with Crippen LogP contribution < -0.4 is 5.56 Å². The Morgan fingerprint density at radius 1 is 1.35 bits per heavy atom. The SMILES string of the molecule is CC(C)(C)n1oc2c(Cl)c(O)c(O)cc2c1=O. The van der Waals surface area contributed by atoms with Crippen LogP contribution in [0.5, 0.6) is 11.5 Å². The second kappa shape index (κ2) is 3.43. The lowest BCUT2D eigenvalue weighted by molar-refractivity contribution is 0.171. The summed E-state index contributed by atoms with van der Waals surface area (Å²) in [6.45, 7) is 5.39. The fourth-order valence-electron chi connectivity index (χ4n) is 1.54. The van der Waals surface area contributed by atoms with Crippen LogP contribution >= 0.6 is 11.6 Å². The van der Waals surface area contributed by atoms with Crippen LogP contribution in [0.4, 0.5) is 0 Å². The van der Waals surface area contributed by atoms with Crippen LogP contribution in [-0.2, 0) is 5.54 Å². The quantitative estimate of drug-likeness (QED) is 0.711. The van der Waals surface area contributed by atoms with Crippen LogP contribution in [0.2, 0.25) is 5.02 Å². The molecule has 92 valence electrons. The maximum absolute atomic E-state index is 12.0. The van der Waals surface area contributed by atoms with Gasteiger partial charge in [-0.05, 0) is 20.8 Å². The van der Waals surface area contributed by atoms with Gasteiger partial charge in [-0.2, -0.15) is 4.74 Å². The topological polar surface area (TPSA) is 75.6 Å². The maximum Gasteiger partial charge on any atom is 0.291 e. The molecular formula is C11H12ClNO4. The number of aromatic hydroxyl groups is 2. The summed E-state index contributed by atoms with van der Waals surface area (Å²) < 4.78 is 6.49. The van der Waals surface area contributed by atoms with Gasteiger partial charge in [-0.25, -0.2) is 0 Å². The zero-order chi connectivity index (χ0) is 13.0. The van der Waals surface area contributed by atoms with Crippen molar-refractivity contribution >= 4 is 22.6 Å². The van der Waals surface area contributed by atoms with Crippen molar-refractivity contribution in [3.8, 4) is 11.5 Å². The van der Waals surface area contributed by atoms with Gasteiger partial charge in [0.25, 0.3) is 5.56 Å². The number of nitrogens with zero attached hydrogens (tertiary/aromatic N) is 1. The first-order chi connectivity index (χ1) is 7.73. The molecule has 2 N–H and O–H groups in total. The van der Waals surface area contributed by atoms with E-state index in [1.165, 1.54) is 0 Å². The molecule has 0 saturated heterocycles. The average Bonchev–Trinajstić information content (AvgIpc) is 2.53. The summed E-state index contributed by atoms with van der Waals surface area (Å²) in [5.74, 6) is -0.935. The van der Waals surface area contributed by atoms with Gasteiger partial charge >= 0.3 is 0 Å². The van der Waals surface area contributed by atoms with Crippen molar-refractivity contribution in [2.75, 3.05) is 0 Å². The second-order valence-corrected chi connectivity index (χ2v) is 5.17. The van der Waals surface area contributed by atoms with Crippen LogP contribution in [0.1, 0.15) is 20.8 Å². The molecule has 2 aromatic rings. The molecule has 1 aromatic carbocycles. The number of halogens is 1. The van der Waals surface area contributed by atoms with E-state index >= 15 is 0 Å². The van der Waals surface area contributed by atoms with Crippen LogP contribution in [0.3, 0.4) is 0 Å². The maximum atomic E-state index is 12.0. The number of hydrogen-bond acceptors (Lipinski definition) is 4. The Labute approximate surface area is 102 Å². The fraction of sp³-hybridized carbons (Fsp3) is 0.364. The largest absolute Gasteiger partial charge is 0.504 e. The lowest BCUT2D eigenvalue weighted by Gasteiger charge is -2.16. The molecule has 0 aliphatic heterocycles. The molecule has 17 heavy (non-hydrogen) atoms. The van der Waals surface area contributed by atoms with Gasteiger partial charge in [-0.1, -0.05) is 11.6 Å². The zero-order valence-corrected chi connectivity index (χ0v) is 10.4. The van der Waals surface area contributed by atoms with Gasteiger partial charge in [0.1, 0.15) is 5.02 Å². The lowest BCUT2D eigenvalue weighted by atomic mass is 10.1. The van der Waals surface area contributed by atoms with Crippen molar-refractivity contribution in [3.63, 3.8) is 0 Å². The van der Waals surface area contributed by atoms with Gasteiger partial charge < -0.3 is 14.7 Å². The molecule has 0 saturated carbocycles. The van der Waals surface area contributed by atoms with E-state index in [0.29, 0.717) is 0 Å². The first-order valence-electron chi connectivity index (χ1n) is 5.00. The van der Waals surface area contributed by atoms with E-state index in [2.05, 4.69) is 0 Å². The Balaban J connectivity index is 2.93. The van der Waals surface area contributed by atoms with Crippen molar-refractivity contribution in [1.82, 2.24) is 4.74 Å². The smallest absolute Gasteiger partial charge is 0.291 e. The molecule has 0 amide bonds. The number of phenolic OH excluding ortho intramolecular Hbond substituents is 2.